The Bertz CT molecular complexity index is 642. The molecule has 25 heavy (non-hydrogen) atoms. The highest BCUT2D eigenvalue weighted by molar-refractivity contribution is 6.45. The molecule has 1 saturated heterocycles. The molecule has 4 unspecified atom stereocenters. The fraction of sp³-hybridized carbons (Fsp3) is 0.500. The molecule has 0 aromatic carbocycles. The van der Waals surface area contributed by atoms with Crippen molar-refractivity contribution in [1.82, 2.24) is 5.01 Å². The lowest BCUT2D eigenvalue weighted by atomic mass is 10.1. The van der Waals surface area contributed by atoms with Crippen molar-refractivity contribution in [3.05, 3.63) is 11.4 Å². The van der Waals surface area contributed by atoms with Crippen molar-refractivity contribution in [1.29, 1.82) is 5.26 Å². The number of hydrogen-bond donors (Lipinski definition) is 7. The summed E-state index contributed by atoms with van der Waals surface area (Å²) in [5, 5.41) is 37.7. The van der Waals surface area contributed by atoms with Gasteiger partial charge in [0.1, 0.15) is 36.6 Å². The Hall–Kier alpha value is -2.76. The van der Waals surface area contributed by atoms with Gasteiger partial charge in [-0.1, -0.05) is 0 Å². The maximum Gasteiger partial charge on any atom is 0.290 e. The normalized spacial score (nSPS) is 27.4. The number of aliphatic hydroxyl groups excluding tert-OH is 3. The van der Waals surface area contributed by atoms with Gasteiger partial charge < -0.3 is 37.3 Å². The molecule has 1 rings (SSSR count). The highest BCUT2D eigenvalue weighted by Crippen LogP contribution is 2.22. The number of ether oxygens (including phenoxy) is 1. The van der Waals surface area contributed by atoms with Crippen LogP contribution in [-0.2, 0) is 14.3 Å². The molecule has 138 valence electrons. The highest BCUT2D eigenvalue weighted by Gasteiger charge is 2.46. The Labute approximate surface area is 141 Å². The number of hydrogen-bond acceptors (Lipinski definition) is 11. The summed E-state index contributed by atoms with van der Waals surface area (Å²) in [4.78, 5) is 26.9. The molecule has 0 aliphatic carbocycles. The van der Waals surface area contributed by atoms with Crippen molar-refractivity contribution in [3.63, 3.8) is 0 Å². The molecule has 4 atom stereocenters. The molecule has 13 nitrogen and oxygen atoms in total. The first-order chi connectivity index (χ1) is 11.6. The summed E-state index contributed by atoms with van der Waals surface area (Å²) in [5.74, 6) is 3.53. The summed E-state index contributed by atoms with van der Waals surface area (Å²) in [5.41, 5.74) is 14.1. The quantitative estimate of drug-likeness (QED) is 0.0781. The van der Waals surface area contributed by atoms with Gasteiger partial charge in [-0.15, -0.1) is 0 Å². The zero-order chi connectivity index (χ0) is 19.3. The van der Waals surface area contributed by atoms with Crippen molar-refractivity contribution in [2.75, 3.05) is 13.2 Å². The second-order valence-corrected chi connectivity index (χ2v) is 5.01. The first-order valence-electron chi connectivity index (χ1n) is 6.84. The largest absolute Gasteiger partial charge is 0.395 e. The van der Waals surface area contributed by atoms with E-state index in [1.165, 1.54) is 6.07 Å². The van der Waals surface area contributed by atoms with E-state index in [0.29, 0.717) is 5.01 Å². The molecule has 11 N–H and O–H groups in total. The number of hydrazine groups is 1. The molecular formula is C12H19N7O6. The first-order valence-corrected chi connectivity index (χ1v) is 6.84. The number of amides is 2. The molecular weight excluding hydrogens is 338 g/mol. The monoisotopic (exact) mass is 357 g/mol. The topological polar surface area (TPSA) is 248 Å². The minimum Gasteiger partial charge on any atom is -0.395 e. The number of aliphatic imine (C=N–C) groups is 1. The Morgan fingerprint density at radius 3 is 2.28 bits per heavy atom. The zero-order valence-electron chi connectivity index (χ0n) is 12.9. The van der Waals surface area contributed by atoms with Crippen LogP contribution in [0.2, 0.25) is 0 Å². The van der Waals surface area contributed by atoms with Gasteiger partial charge in [0.05, 0.1) is 12.3 Å². The number of primary amides is 1. The van der Waals surface area contributed by atoms with Crippen LogP contribution in [0.15, 0.2) is 16.4 Å². The van der Waals surface area contributed by atoms with E-state index in [0.717, 1.165) is 0 Å². The second-order valence-electron chi connectivity index (χ2n) is 5.01. The number of allylic oxidation sites excluding steroid dienone is 1. The van der Waals surface area contributed by atoms with Crippen LogP contribution in [0.5, 0.6) is 0 Å². The summed E-state index contributed by atoms with van der Waals surface area (Å²) in [6.07, 6.45) is -5.87. The fourth-order valence-electron chi connectivity index (χ4n) is 1.96. The summed E-state index contributed by atoms with van der Waals surface area (Å²) in [6.45, 7) is -1.28. The van der Waals surface area contributed by atoms with Crippen molar-refractivity contribution in [3.8, 4) is 6.07 Å². The smallest absolute Gasteiger partial charge is 0.290 e. The minimum atomic E-state index is -1.64. The van der Waals surface area contributed by atoms with Crippen LogP contribution in [-0.4, -0.2) is 75.5 Å². The summed E-state index contributed by atoms with van der Waals surface area (Å²) < 4.78 is 5.09. The van der Waals surface area contributed by atoms with Crippen LogP contribution in [0, 0.1) is 11.3 Å². The third kappa shape index (κ3) is 4.41. The predicted molar refractivity (Wildman–Crippen MR) is 81.3 cm³/mol. The number of nitrogens with two attached hydrogens (primary N) is 4. The molecule has 0 aromatic rings. The third-order valence-electron chi connectivity index (χ3n) is 3.29. The fourth-order valence-corrected chi connectivity index (χ4v) is 1.96. The van der Waals surface area contributed by atoms with E-state index in [2.05, 4.69) is 4.99 Å². The standard InChI is InChI=1S/C12H19N7O6/c13-1-4(14)7(16)8(18-2-6(15)21)11(24)19(17)12-10(23)9(22)5(3-20)25-12/h5,9-10,12,20,22-23H,2-3,14,16-17H2,(H2,15,21). The predicted octanol–water partition coefficient (Wildman–Crippen LogP) is -5.29. The number of nitriles is 1. The van der Waals surface area contributed by atoms with Gasteiger partial charge in [-0.05, 0) is 0 Å². The Morgan fingerprint density at radius 2 is 1.84 bits per heavy atom. The summed E-state index contributed by atoms with van der Waals surface area (Å²) in [6, 6.07) is 1.50. The summed E-state index contributed by atoms with van der Waals surface area (Å²) >= 11 is 0. The second kappa shape index (κ2) is 8.37. The number of nitrogens with zero attached hydrogens (tertiary/aromatic N) is 3. The summed E-state index contributed by atoms with van der Waals surface area (Å²) in [7, 11) is 0. The first kappa shape index (κ1) is 20.3. The van der Waals surface area contributed by atoms with E-state index in [4.69, 9.17) is 38.1 Å². The van der Waals surface area contributed by atoms with Crippen LogP contribution in [0.3, 0.4) is 0 Å². The number of rotatable bonds is 6. The van der Waals surface area contributed by atoms with Crippen molar-refractivity contribution < 1.29 is 29.6 Å². The Morgan fingerprint density at radius 1 is 1.24 bits per heavy atom. The van der Waals surface area contributed by atoms with Gasteiger partial charge in [0.25, 0.3) is 5.91 Å². The van der Waals surface area contributed by atoms with E-state index in [1.54, 1.807) is 0 Å². The minimum absolute atomic E-state index is 0.348. The molecule has 2 amide bonds. The molecule has 1 aliphatic heterocycles. The average Bonchev–Trinajstić information content (AvgIpc) is 2.87. The maximum atomic E-state index is 12.5. The third-order valence-corrected chi connectivity index (χ3v) is 3.29. The lowest BCUT2D eigenvalue weighted by Gasteiger charge is -2.26. The maximum absolute atomic E-state index is 12.5. The van der Waals surface area contributed by atoms with E-state index in [1.807, 2.05) is 0 Å². The van der Waals surface area contributed by atoms with Gasteiger partial charge in [-0.2, -0.15) is 5.26 Å². The van der Waals surface area contributed by atoms with Crippen LogP contribution < -0.4 is 23.0 Å². The van der Waals surface area contributed by atoms with Crippen molar-refractivity contribution in [2.24, 2.45) is 28.0 Å². The average molecular weight is 357 g/mol. The van der Waals surface area contributed by atoms with Crippen LogP contribution in [0.25, 0.3) is 0 Å². The van der Waals surface area contributed by atoms with Gasteiger partial charge in [-0.25, -0.2) is 10.9 Å². The molecule has 1 heterocycles. The van der Waals surface area contributed by atoms with Gasteiger partial charge in [0.2, 0.25) is 5.91 Å². The zero-order valence-corrected chi connectivity index (χ0v) is 12.9. The van der Waals surface area contributed by atoms with Crippen molar-refractivity contribution >= 4 is 17.5 Å². The van der Waals surface area contributed by atoms with Gasteiger partial charge in [0.15, 0.2) is 11.9 Å². The molecule has 0 radical (unpaired) electrons. The molecule has 13 heteroatoms. The number of aliphatic hydroxyl groups is 3. The van der Waals surface area contributed by atoms with Crippen LogP contribution in [0.1, 0.15) is 0 Å². The number of carbonyl (C=O) groups is 2. The van der Waals surface area contributed by atoms with Gasteiger partial charge >= 0.3 is 0 Å². The highest BCUT2D eigenvalue weighted by atomic mass is 16.6. The van der Waals surface area contributed by atoms with E-state index in [-0.39, 0.29) is 0 Å². The van der Waals surface area contributed by atoms with Crippen LogP contribution >= 0.6 is 0 Å². The molecule has 1 aliphatic rings. The lowest BCUT2D eigenvalue weighted by Crippen LogP contribution is -2.54. The van der Waals surface area contributed by atoms with Gasteiger partial charge in [-0.3, -0.25) is 14.6 Å². The number of carbonyl (C=O) groups excluding carboxylic acids is 2. The van der Waals surface area contributed by atoms with E-state index in [9.17, 15) is 19.8 Å². The van der Waals surface area contributed by atoms with Crippen LogP contribution in [0.4, 0.5) is 0 Å². The van der Waals surface area contributed by atoms with E-state index >= 15 is 0 Å². The lowest BCUT2D eigenvalue weighted by molar-refractivity contribution is -0.146. The van der Waals surface area contributed by atoms with Gasteiger partial charge in [0, 0.05) is 0 Å². The van der Waals surface area contributed by atoms with Crippen molar-refractivity contribution in [2.45, 2.75) is 24.5 Å². The molecule has 1 fully saturated rings. The Balaban J connectivity index is 3.15. The SMILES string of the molecule is N#CC(N)=C(N)C(=NCC(N)=O)C(=O)N(N)C1OC(CO)C(O)C1O. The molecule has 0 saturated carbocycles. The Kier molecular flexibility index (Phi) is 6.79. The molecule has 0 aromatic heterocycles. The van der Waals surface area contributed by atoms with E-state index < -0.39 is 66.6 Å². The molecule has 0 bridgehead atoms. The molecule has 0 spiro atoms.